The summed E-state index contributed by atoms with van der Waals surface area (Å²) in [5, 5.41) is 1.32. The molecule has 2 aromatic rings. The Morgan fingerprint density at radius 3 is 2.71 bits per heavy atom. The summed E-state index contributed by atoms with van der Waals surface area (Å²) in [6.07, 6.45) is 2.12. The molecule has 2 nitrogen and oxygen atoms in total. The quantitative estimate of drug-likeness (QED) is 0.842. The highest BCUT2D eigenvalue weighted by Crippen LogP contribution is 2.63. The molecule has 2 atom stereocenters. The molecule has 1 saturated carbocycles. The molecule has 90 valence electrons. The van der Waals surface area contributed by atoms with Gasteiger partial charge >= 0.3 is 0 Å². The molecule has 1 heterocycles. The van der Waals surface area contributed by atoms with Crippen LogP contribution >= 0.6 is 0 Å². The lowest BCUT2D eigenvalue weighted by Gasteiger charge is -2.04. The fourth-order valence-electron chi connectivity index (χ4n) is 3.32. The Bertz CT molecular complexity index is 565. The van der Waals surface area contributed by atoms with Crippen molar-refractivity contribution < 1.29 is 0 Å². The van der Waals surface area contributed by atoms with Crippen LogP contribution in [0.3, 0.4) is 0 Å². The third kappa shape index (κ3) is 1.44. The first-order valence-corrected chi connectivity index (χ1v) is 6.30. The number of rotatable bonds is 2. The summed E-state index contributed by atoms with van der Waals surface area (Å²) in [5.41, 5.74) is 8.99. The third-order valence-corrected chi connectivity index (χ3v) is 4.58. The molecule has 1 aromatic heterocycles. The molecule has 0 spiro atoms. The van der Waals surface area contributed by atoms with Gasteiger partial charge in [0.2, 0.25) is 0 Å². The molecule has 1 aliphatic carbocycles. The summed E-state index contributed by atoms with van der Waals surface area (Å²) in [6.45, 7) is 5.44. The summed E-state index contributed by atoms with van der Waals surface area (Å²) < 4.78 is 2.19. The SMILES string of the molecule is Cn1ccc2ccc(C3C(CN)C3(C)C)cc21. The van der Waals surface area contributed by atoms with Gasteiger partial charge in [0.1, 0.15) is 0 Å². The van der Waals surface area contributed by atoms with Crippen molar-refractivity contribution in [2.45, 2.75) is 19.8 Å². The molecule has 0 radical (unpaired) electrons. The van der Waals surface area contributed by atoms with Crippen molar-refractivity contribution in [3.05, 3.63) is 36.0 Å². The van der Waals surface area contributed by atoms with Gasteiger partial charge in [-0.2, -0.15) is 0 Å². The number of fused-ring (bicyclic) bond motifs is 1. The van der Waals surface area contributed by atoms with Crippen LogP contribution < -0.4 is 5.73 Å². The van der Waals surface area contributed by atoms with Crippen molar-refractivity contribution >= 4 is 10.9 Å². The monoisotopic (exact) mass is 228 g/mol. The molecule has 17 heavy (non-hydrogen) atoms. The van der Waals surface area contributed by atoms with E-state index in [9.17, 15) is 0 Å². The predicted octanol–water partition coefficient (Wildman–Crippen LogP) is 2.88. The molecule has 0 bridgehead atoms. The minimum atomic E-state index is 0.369. The van der Waals surface area contributed by atoms with Gasteiger partial charge in [0.05, 0.1) is 0 Å². The standard InChI is InChI=1S/C15H20N2/c1-15(2)12(9-16)14(15)11-5-4-10-6-7-17(3)13(10)8-11/h4-8,12,14H,9,16H2,1-3H3. The van der Waals surface area contributed by atoms with Crippen molar-refractivity contribution in [3.63, 3.8) is 0 Å². The van der Waals surface area contributed by atoms with Crippen LogP contribution in [0.15, 0.2) is 30.5 Å². The van der Waals surface area contributed by atoms with Crippen molar-refractivity contribution in [3.8, 4) is 0 Å². The van der Waals surface area contributed by atoms with Crippen molar-refractivity contribution in [2.75, 3.05) is 6.54 Å². The lowest BCUT2D eigenvalue weighted by molar-refractivity contribution is 0.558. The minimum absolute atomic E-state index is 0.369. The number of hydrogen-bond donors (Lipinski definition) is 1. The molecule has 0 amide bonds. The minimum Gasteiger partial charge on any atom is -0.351 e. The number of benzene rings is 1. The van der Waals surface area contributed by atoms with Gasteiger partial charge < -0.3 is 10.3 Å². The molecule has 2 unspecified atom stereocenters. The van der Waals surface area contributed by atoms with E-state index >= 15 is 0 Å². The van der Waals surface area contributed by atoms with Gasteiger partial charge in [-0.3, -0.25) is 0 Å². The van der Waals surface area contributed by atoms with Crippen molar-refractivity contribution in [2.24, 2.45) is 24.1 Å². The number of nitrogens with zero attached hydrogens (tertiary/aromatic N) is 1. The molecular formula is C15H20N2. The highest BCUT2D eigenvalue weighted by molar-refractivity contribution is 5.81. The summed E-state index contributed by atoms with van der Waals surface area (Å²) in [5.74, 6) is 1.27. The van der Waals surface area contributed by atoms with Crippen LogP contribution in [-0.2, 0) is 7.05 Å². The fourth-order valence-corrected chi connectivity index (χ4v) is 3.32. The summed E-state index contributed by atoms with van der Waals surface area (Å²) >= 11 is 0. The second-order valence-corrected chi connectivity index (χ2v) is 5.89. The first kappa shape index (κ1) is 10.8. The van der Waals surface area contributed by atoms with Gasteiger partial charge in [0.25, 0.3) is 0 Å². The third-order valence-electron chi connectivity index (χ3n) is 4.58. The van der Waals surface area contributed by atoms with E-state index in [0.717, 1.165) is 6.54 Å². The second kappa shape index (κ2) is 3.36. The zero-order valence-electron chi connectivity index (χ0n) is 10.8. The fraction of sp³-hybridized carbons (Fsp3) is 0.467. The van der Waals surface area contributed by atoms with Crippen molar-refractivity contribution in [1.29, 1.82) is 0 Å². The van der Waals surface area contributed by atoms with E-state index < -0.39 is 0 Å². The van der Waals surface area contributed by atoms with Crippen LogP contribution in [0.4, 0.5) is 0 Å². The predicted molar refractivity (Wildman–Crippen MR) is 72.0 cm³/mol. The van der Waals surface area contributed by atoms with E-state index in [0.29, 0.717) is 17.3 Å². The molecule has 2 N–H and O–H groups in total. The first-order chi connectivity index (χ1) is 8.05. The normalized spacial score (nSPS) is 26.4. The first-order valence-electron chi connectivity index (χ1n) is 6.30. The molecule has 0 saturated heterocycles. The maximum absolute atomic E-state index is 5.85. The Labute approximate surface area is 102 Å². The van der Waals surface area contributed by atoms with Gasteiger partial charge in [-0.1, -0.05) is 26.0 Å². The average Bonchev–Trinajstić information content (AvgIpc) is 2.66. The van der Waals surface area contributed by atoms with Crippen LogP contribution in [0.2, 0.25) is 0 Å². The zero-order valence-corrected chi connectivity index (χ0v) is 10.8. The number of aromatic nitrogens is 1. The summed E-state index contributed by atoms with van der Waals surface area (Å²) in [4.78, 5) is 0. The molecular weight excluding hydrogens is 208 g/mol. The van der Waals surface area contributed by atoms with Gasteiger partial charge in [-0.15, -0.1) is 0 Å². The van der Waals surface area contributed by atoms with Crippen LogP contribution in [0.1, 0.15) is 25.3 Å². The van der Waals surface area contributed by atoms with Gasteiger partial charge in [-0.05, 0) is 46.9 Å². The summed E-state index contributed by atoms with van der Waals surface area (Å²) in [6, 6.07) is 8.99. The zero-order chi connectivity index (χ0) is 12.2. The Morgan fingerprint density at radius 2 is 2.06 bits per heavy atom. The number of nitrogens with two attached hydrogens (primary N) is 1. The van der Waals surface area contributed by atoms with Gasteiger partial charge in [0, 0.05) is 18.8 Å². The van der Waals surface area contributed by atoms with E-state index in [1.165, 1.54) is 16.5 Å². The molecule has 3 rings (SSSR count). The molecule has 1 aliphatic rings. The maximum atomic E-state index is 5.85. The van der Waals surface area contributed by atoms with E-state index in [1.807, 2.05) is 0 Å². The average molecular weight is 228 g/mol. The van der Waals surface area contributed by atoms with Crippen LogP contribution in [-0.4, -0.2) is 11.1 Å². The van der Waals surface area contributed by atoms with Crippen LogP contribution in [0, 0.1) is 11.3 Å². The largest absolute Gasteiger partial charge is 0.351 e. The summed E-state index contributed by atoms with van der Waals surface area (Å²) in [7, 11) is 2.10. The highest BCUT2D eigenvalue weighted by atomic mass is 14.9. The highest BCUT2D eigenvalue weighted by Gasteiger charge is 2.57. The van der Waals surface area contributed by atoms with Gasteiger partial charge in [-0.25, -0.2) is 0 Å². The second-order valence-electron chi connectivity index (χ2n) is 5.89. The van der Waals surface area contributed by atoms with Crippen LogP contribution in [0.25, 0.3) is 10.9 Å². The number of hydrogen-bond acceptors (Lipinski definition) is 1. The Kier molecular flexibility index (Phi) is 2.14. The van der Waals surface area contributed by atoms with E-state index in [4.69, 9.17) is 5.73 Å². The lowest BCUT2D eigenvalue weighted by Crippen LogP contribution is -2.05. The topological polar surface area (TPSA) is 30.9 Å². The molecule has 0 aliphatic heterocycles. The Hall–Kier alpha value is -1.28. The van der Waals surface area contributed by atoms with E-state index in [1.54, 1.807) is 0 Å². The van der Waals surface area contributed by atoms with E-state index in [2.05, 4.69) is 55.9 Å². The Balaban J connectivity index is 2.05. The molecule has 1 fully saturated rings. The van der Waals surface area contributed by atoms with E-state index in [-0.39, 0.29) is 0 Å². The molecule has 2 heteroatoms. The number of aryl methyl sites for hydroxylation is 1. The molecule has 1 aromatic carbocycles. The van der Waals surface area contributed by atoms with Gasteiger partial charge in [0.15, 0.2) is 0 Å². The Morgan fingerprint density at radius 1 is 1.29 bits per heavy atom. The smallest absolute Gasteiger partial charge is 0.0480 e. The van der Waals surface area contributed by atoms with Crippen LogP contribution in [0.5, 0.6) is 0 Å². The maximum Gasteiger partial charge on any atom is 0.0480 e. The van der Waals surface area contributed by atoms with Crippen molar-refractivity contribution in [1.82, 2.24) is 4.57 Å². The lowest BCUT2D eigenvalue weighted by atomic mass is 10.0.